The number of oxime groups is 1. The fourth-order valence-electron chi connectivity index (χ4n) is 2.24. The predicted molar refractivity (Wildman–Crippen MR) is 110 cm³/mol. The normalized spacial score (nSPS) is 12.1. The number of ether oxygens (including phenoxy) is 1. The third-order valence-corrected chi connectivity index (χ3v) is 4.05. The third-order valence-electron chi connectivity index (χ3n) is 3.76. The number of hydrogen-bond acceptors (Lipinski definition) is 5. The van der Waals surface area contributed by atoms with E-state index in [1.807, 2.05) is 0 Å². The topological polar surface area (TPSA) is 89.0 Å². The first-order valence-corrected chi connectivity index (χ1v) is 8.90. The molecule has 2 N–H and O–H groups in total. The molecule has 0 saturated heterocycles. The summed E-state index contributed by atoms with van der Waals surface area (Å²) in [5, 5.41) is 9.81. The number of amides is 2. The van der Waals surface area contributed by atoms with Gasteiger partial charge in [0.2, 0.25) is 12.0 Å². The van der Waals surface area contributed by atoms with Crippen molar-refractivity contribution < 1.29 is 19.2 Å². The summed E-state index contributed by atoms with van der Waals surface area (Å²) in [5.74, 6) is 0.0203. The van der Waals surface area contributed by atoms with E-state index in [1.165, 1.54) is 14.0 Å². The monoisotopic (exact) mass is 403 g/mol. The van der Waals surface area contributed by atoms with Gasteiger partial charge in [0.25, 0.3) is 5.91 Å². The number of benzene rings is 2. The lowest BCUT2D eigenvalue weighted by atomic mass is 10.1. The van der Waals surface area contributed by atoms with Crippen LogP contribution in [0, 0.1) is 0 Å². The second kappa shape index (κ2) is 9.75. The zero-order valence-corrected chi connectivity index (χ0v) is 16.8. The van der Waals surface area contributed by atoms with Gasteiger partial charge in [-0.05, 0) is 49.7 Å². The van der Waals surface area contributed by atoms with Gasteiger partial charge in [0.1, 0.15) is 5.75 Å². The van der Waals surface area contributed by atoms with Gasteiger partial charge in [0.05, 0.1) is 17.8 Å². The van der Waals surface area contributed by atoms with Gasteiger partial charge < -0.3 is 20.2 Å². The molecule has 148 valence electrons. The molecule has 0 aromatic heterocycles. The molecule has 0 fully saturated rings. The molecule has 0 saturated carbocycles. The quantitative estimate of drug-likeness (QED) is 0.538. The lowest BCUT2D eigenvalue weighted by Crippen LogP contribution is -2.26. The van der Waals surface area contributed by atoms with Gasteiger partial charge in [-0.3, -0.25) is 9.59 Å². The summed E-state index contributed by atoms with van der Waals surface area (Å²) < 4.78 is 5.08. The smallest absolute Gasteiger partial charge is 0.267 e. The Balaban J connectivity index is 1.95. The number of methoxy groups -OCH3 is 1. The minimum absolute atomic E-state index is 0.139. The molecule has 2 amide bonds. The van der Waals surface area contributed by atoms with Crippen LogP contribution < -0.4 is 15.4 Å². The Labute approximate surface area is 168 Å². The maximum atomic E-state index is 12.3. The fraction of sp³-hybridized carbons (Fsp3) is 0.250. The first-order chi connectivity index (χ1) is 13.3. The molecule has 2 rings (SSSR count). The van der Waals surface area contributed by atoms with Crippen LogP contribution in [0.3, 0.4) is 0 Å². The number of carbonyl (C=O) groups excluding carboxylic acids is 2. The first-order valence-electron chi connectivity index (χ1n) is 8.53. The molecule has 2 aromatic rings. The molecule has 0 radical (unpaired) electrons. The Morgan fingerprint density at radius 1 is 1.04 bits per heavy atom. The zero-order chi connectivity index (χ0) is 20.7. The van der Waals surface area contributed by atoms with Crippen molar-refractivity contribution in [1.29, 1.82) is 0 Å². The van der Waals surface area contributed by atoms with E-state index < -0.39 is 6.10 Å². The number of nitrogens with one attached hydrogen (secondary N) is 2. The molecule has 0 aliphatic heterocycles. The molecule has 8 heteroatoms. The van der Waals surface area contributed by atoms with Crippen molar-refractivity contribution >= 4 is 40.5 Å². The van der Waals surface area contributed by atoms with Crippen LogP contribution in [0.5, 0.6) is 5.75 Å². The van der Waals surface area contributed by atoms with E-state index in [1.54, 1.807) is 56.3 Å². The van der Waals surface area contributed by atoms with Gasteiger partial charge >= 0.3 is 0 Å². The van der Waals surface area contributed by atoms with Crippen LogP contribution in [-0.2, 0) is 14.4 Å². The molecule has 28 heavy (non-hydrogen) atoms. The highest BCUT2D eigenvalue weighted by Crippen LogP contribution is 2.27. The summed E-state index contributed by atoms with van der Waals surface area (Å²) in [6, 6.07) is 12.1. The van der Waals surface area contributed by atoms with Gasteiger partial charge in [0.15, 0.2) is 0 Å². The van der Waals surface area contributed by atoms with E-state index in [4.69, 9.17) is 21.2 Å². The lowest BCUT2D eigenvalue weighted by Gasteiger charge is -2.12. The van der Waals surface area contributed by atoms with Gasteiger partial charge in [-0.15, -0.1) is 0 Å². The number of carbonyl (C=O) groups is 2. The predicted octanol–water partition coefficient (Wildman–Crippen LogP) is 4.07. The van der Waals surface area contributed by atoms with Crippen LogP contribution in [0.2, 0.25) is 5.02 Å². The molecule has 2 aromatic carbocycles. The number of halogens is 1. The van der Waals surface area contributed by atoms with Crippen molar-refractivity contribution in [3.8, 4) is 5.75 Å². The number of hydrogen-bond donors (Lipinski definition) is 2. The molecule has 0 aliphatic rings. The van der Waals surface area contributed by atoms with Crippen molar-refractivity contribution in [2.45, 2.75) is 26.9 Å². The molecule has 0 heterocycles. The van der Waals surface area contributed by atoms with E-state index >= 15 is 0 Å². The maximum absolute atomic E-state index is 12.3. The second-order valence-electron chi connectivity index (χ2n) is 6.02. The Hall–Kier alpha value is -3.06. The van der Waals surface area contributed by atoms with Crippen molar-refractivity contribution in [1.82, 2.24) is 0 Å². The van der Waals surface area contributed by atoms with Gasteiger partial charge in [-0.25, -0.2) is 0 Å². The molecule has 0 bridgehead atoms. The van der Waals surface area contributed by atoms with Crippen LogP contribution in [0.1, 0.15) is 26.3 Å². The van der Waals surface area contributed by atoms with Crippen molar-refractivity contribution in [2.75, 3.05) is 17.7 Å². The van der Waals surface area contributed by atoms with Crippen molar-refractivity contribution in [3.05, 3.63) is 53.1 Å². The Bertz CT molecular complexity index is 882. The van der Waals surface area contributed by atoms with E-state index in [0.717, 1.165) is 5.56 Å². The Kier molecular flexibility index (Phi) is 7.40. The molecule has 1 unspecified atom stereocenters. The minimum atomic E-state index is -0.811. The molecular formula is C20H22ClN3O4. The molecule has 0 aliphatic carbocycles. The third kappa shape index (κ3) is 5.99. The van der Waals surface area contributed by atoms with Crippen LogP contribution in [0.4, 0.5) is 11.4 Å². The van der Waals surface area contributed by atoms with E-state index in [9.17, 15) is 9.59 Å². The first kappa shape index (κ1) is 21.2. The van der Waals surface area contributed by atoms with Crippen LogP contribution in [-0.4, -0.2) is 30.7 Å². The Morgan fingerprint density at radius 2 is 1.68 bits per heavy atom. The van der Waals surface area contributed by atoms with Crippen LogP contribution >= 0.6 is 11.6 Å². The minimum Gasteiger partial charge on any atom is -0.495 e. The maximum Gasteiger partial charge on any atom is 0.267 e. The van der Waals surface area contributed by atoms with Crippen molar-refractivity contribution in [3.63, 3.8) is 0 Å². The van der Waals surface area contributed by atoms with Crippen LogP contribution in [0.15, 0.2) is 47.6 Å². The summed E-state index contributed by atoms with van der Waals surface area (Å²) in [6.45, 7) is 4.80. The summed E-state index contributed by atoms with van der Waals surface area (Å²) >= 11 is 6.05. The average molecular weight is 404 g/mol. The summed E-state index contributed by atoms with van der Waals surface area (Å²) in [4.78, 5) is 28.6. The summed E-state index contributed by atoms with van der Waals surface area (Å²) in [5.41, 5.74) is 2.63. The van der Waals surface area contributed by atoms with Gasteiger partial charge in [-0.2, -0.15) is 0 Å². The standard InChI is InChI=1S/C20H22ClN3O4/c1-12(15-5-7-16(8-6-15)22-14(3)25)24-28-13(2)20(26)23-17-9-10-19(27-4)18(21)11-17/h5-11,13H,1-4H3,(H,22,25)(H,23,26)/b24-12+. The van der Waals surface area contributed by atoms with Gasteiger partial charge in [0, 0.05) is 18.3 Å². The fourth-order valence-corrected chi connectivity index (χ4v) is 2.50. The number of anilines is 2. The molecular weight excluding hydrogens is 382 g/mol. The zero-order valence-electron chi connectivity index (χ0n) is 16.1. The van der Waals surface area contributed by atoms with E-state index in [-0.39, 0.29) is 11.8 Å². The average Bonchev–Trinajstić information content (AvgIpc) is 2.66. The van der Waals surface area contributed by atoms with E-state index in [0.29, 0.717) is 27.9 Å². The lowest BCUT2D eigenvalue weighted by molar-refractivity contribution is -0.126. The number of nitrogens with zero attached hydrogens (tertiary/aromatic N) is 1. The SMILES string of the molecule is COc1ccc(NC(=O)C(C)O/N=C(\C)c2ccc(NC(C)=O)cc2)cc1Cl. The van der Waals surface area contributed by atoms with E-state index in [2.05, 4.69) is 15.8 Å². The second-order valence-corrected chi connectivity index (χ2v) is 6.43. The largest absolute Gasteiger partial charge is 0.495 e. The van der Waals surface area contributed by atoms with Crippen LogP contribution in [0.25, 0.3) is 0 Å². The molecule has 0 spiro atoms. The highest BCUT2D eigenvalue weighted by Gasteiger charge is 2.15. The van der Waals surface area contributed by atoms with Gasteiger partial charge in [-0.1, -0.05) is 28.9 Å². The highest BCUT2D eigenvalue weighted by molar-refractivity contribution is 6.32. The summed E-state index contributed by atoms with van der Waals surface area (Å²) in [6.07, 6.45) is -0.811. The van der Waals surface area contributed by atoms with Crippen molar-refractivity contribution in [2.24, 2.45) is 5.16 Å². The molecule has 7 nitrogen and oxygen atoms in total. The summed E-state index contributed by atoms with van der Waals surface area (Å²) in [7, 11) is 1.52. The highest BCUT2D eigenvalue weighted by atomic mass is 35.5. The Morgan fingerprint density at radius 3 is 2.25 bits per heavy atom. The number of rotatable bonds is 7. The molecule has 1 atom stereocenters.